The predicted octanol–water partition coefficient (Wildman–Crippen LogP) is 4.80. The van der Waals surface area contributed by atoms with Crippen LogP contribution in [0.3, 0.4) is 0 Å². The number of benzene rings is 1. The van der Waals surface area contributed by atoms with Crippen molar-refractivity contribution in [3.05, 3.63) is 44.5 Å². The maximum absolute atomic E-state index is 6.08. The Morgan fingerprint density at radius 3 is 2.39 bits per heavy atom. The fourth-order valence-corrected chi connectivity index (χ4v) is 2.05. The molecule has 0 spiro atoms. The number of rotatable bonds is 2. The summed E-state index contributed by atoms with van der Waals surface area (Å²) in [5.74, 6) is 0.626. The summed E-state index contributed by atoms with van der Waals surface area (Å²) in [5.41, 5.74) is 2.54. The van der Waals surface area contributed by atoms with Crippen LogP contribution in [0.25, 0.3) is 0 Å². The Labute approximate surface area is 120 Å². The van der Waals surface area contributed by atoms with E-state index < -0.39 is 0 Å². The van der Waals surface area contributed by atoms with E-state index in [-0.39, 0.29) is 0 Å². The summed E-state index contributed by atoms with van der Waals surface area (Å²) < 4.78 is 0. The van der Waals surface area contributed by atoms with Crippen LogP contribution in [0.15, 0.2) is 18.2 Å². The number of hydrogen-bond donors (Lipinski definition) is 1. The highest BCUT2D eigenvalue weighted by atomic mass is 35.5. The molecule has 0 saturated heterocycles. The van der Waals surface area contributed by atoms with Crippen molar-refractivity contribution >= 4 is 46.3 Å². The molecule has 0 aliphatic heterocycles. The second-order valence-corrected chi connectivity index (χ2v) is 5.04. The lowest BCUT2D eigenvalue weighted by molar-refractivity contribution is 1.00. The minimum Gasteiger partial charge on any atom is -0.337 e. The van der Waals surface area contributed by atoms with Gasteiger partial charge in [0.1, 0.15) is 0 Å². The van der Waals surface area contributed by atoms with Crippen LogP contribution >= 0.6 is 34.8 Å². The van der Waals surface area contributed by atoms with Gasteiger partial charge in [-0.05, 0) is 43.2 Å². The van der Waals surface area contributed by atoms with E-state index in [1.165, 1.54) is 0 Å². The molecule has 0 amide bonds. The van der Waals surface area contributed by atoms with E-state index in [0.29, 0.717) is 21.0 Å². The molecular formula is C12H10Cl3N3. The van der Waals surface area contributed by atoms with Crippen LogP contribution in [0.1, 0.15) is 11.1 Å². The first-order chi connectivity index (χ1) is 8.49. The molecule has 6 heteroatoms. The van der Waals surface area contributed by atoms with Crippen LogP contribution in [0, 0.1) is 13.8 Å². The standard InChI is InChI=1S/C12H10Cl3N3/c1-6-7(2)12(18-17-11(6)15)16-10-4-3-8(13)5-9(10)14/h3-5H,1-2H3,(H,16,18). The number of nitrogens with zero attached hydrogens (tertiary/aromatic N) is 2. The second-order valence-electron chi connectivity index (χ2n) is 3.84. The van der Waals surface area contributed by atoms with Crippen molar-refractivity contribution in [2.45, 2.75) is 13.8 Å². The summed E-state index contributed by atoms with van der Waals surface area (Å²) in [6.45, 7) is 3.81. The molecule has 3 nitrogen and oxygen atoms in total. The van der Waals surface area contributed by atoms with Gasteiger partial charge in [0.05, 0.1) is 10.7 Å². The Balaban J connectivity index is 2.37. The van der Waals surface area contributed by atoms with E-state index in [0.717, 1.165) is 16.8 Å². The number of halogens is 3. The minimum absolute atomic E-state index is 0.403. The van der Waals surface area contributed by atoms with E-state index in [9.17, 15) is 0 Å². The van der Waals surface area contributed by atoms with Crippen LogP contribution < -0.4 is 5.32 Å². The molecule has 1 heterocycles. The van der Waals surface area contributed by atoms with Crippen LogP contribution in [0.5, 0.6) is 0 Å². The van der Waals surface area contributed by atoms with E-state index >= 15 is 0 Å². The third kappa shape index (κ3) is 2.69. The largest absolute Gasteiger partial charge is 0.337 e. The molecule has 0 fully saturated rings. The minimum atomic E-state index is 0.403. The summed E-state index contributed by atoms with van der Waals surface area (Å²) in [7, 11) is 0. The number of hydrogen-bond acceptors (Lipinski definition) is 3. The molecule has 0 aliphatic rings. The summed E-state index contributed by atoms with van der Waals surface area (Å²) in [6, 6.07) is 5.20. The van der Waals surface area contributed by atoms with Crippen LogP contribution in [0.2, 0.25) is 15.2 Å². The van der Waals surface area contributed by atoms with Gasteiger partial charge < -0.3 is 5.32 Å². The van der Waals surface area contributed by atoms with Gasteiger partial charge in [0.15, 0.2) is 11.0 Å². The lowest BCUT2D eigenvalue weighted by atomic mass is 10.2. The molecule has 1 aromatic carbocycles. The molecule has 0 radical (unpaired) electrons. The first-order valence-electron chi connectivity index (χ1n) is 5.20. The van der Waals surface area contributed by atoms with Crippen LogP contribution in [-0.2, 0) is 0 Å². The van der Waals surface area contributed by atoms with E-state index in [2.05, 4.69) is 15.5 Å². The zero-order valence-corrected chi connectivity index (χ0v) is 12.0. The highest BCUT2D eigenvalue weighted by molar-refractivity contribution is 6.36. The van der Waals surface area contributed by atoms with Crippen molar-refractivity contribution < 1.29 is 0 Å². The van der Waals surface area contributed by atoms with Gasteiger partial charge in [-0.2, -0.15) is 0 Å². The van der Waals surface area contributed by atoms with Gasteiger partial charge >= 0.3 is 0 Å². The normalized spacial score (nSPS) is 10.5. The smallest absolute Gasteiger partial charge is 0.156 e. The van der Waals surface area contributed by atoms with Crippen molar-refractivity contribution in [3.8, 4) is 0 Å². The lowest BCUT2D eigenvalue weighted by Crippen LogP contribution is -2.01. The van der Waals surface area contributed by atoms with Gasteiger partial charge in [-0.15, -0.1) is 10.2 Å². The highest BCUT2D eigenvalue weighted by Gasteiger charge is 2.09. The number of nitrogens with one attached hydrogen (secondary N) is 1. The van der Waals surface area contributed by atoms with Gasteiger partial charge in [0, 0.05) is 5.02 Å². The quantitative estimate of drug-likeness (QED) is 0.866. The highest BCUT2D eigenvalue weighted by Crippen LogP contribution is 2.29. The maximum atomic E-state index is 6.08. The summed E-state index contributed by atoms with van der Waals surface area (Å²) in [5, 5.41) is 12.5. The maximum Gasteiger partial charge on any atom is 0.156 e. The Morgan fingerprint density at radius 1 is 1.00 bits per heavy atom. The first kappa shape index (κ1) is 13.4. The van der Waals surface area contributed by atoms with Crippen molar-refractivity contribution in [1.29, 1.82) is 0 Å². The predicted molar refractivity (Wildman–Crippen MR) is 76.3 cm³/mol. The number of anilines is 2. The Bertz CT molecular complexity index is 599. The average Bonchev–Trinajstić information content (AvgIpc) is 2.33. The molecule has 0 atom stereocenters. The molecule has 94 valence electrons. The van der Waals surface area contributed by atoms with Gasteiger partial charge in [0.25, 0.3) is 0 Å². The van der Waals surface area contributed by atoms with E-state index in [1.54, 1.807) is 18.2 Å². The SMILES string of the molecule is Cc1c(Cl)nnc(Nc2ccc(Cl)cc2Cl)c1C. The molecule has 18 heavy (non-hydrogen) atoms. The van der Waals surface area contributed by atoms with Gasteiger partial charge in [-0.25, -0.2) is 0 Å². The van der Waals surface area contributed by atoms with Crippen LogP contribution in [0.4, 0.5) is 11.5 Å². The second kappa shape index (κ2) is 5.31. The Morgan fingerprint density at radius 2 is 1.72 bits per heavy atom. The summed E-state index contributed by atoms with van der Waals surface area (Å²) >= 11 is 17.8. The molecule has 0 unspecified atom stereocenters. The fraction of sp³-hybridized carbons (Fsp3) is 0.167. The molecule has 0 saturated carbocycles. The van der Waals surface area contributed by atoms with Crippen molar-refractivity contribution in [2.24, 2.45) is 0 Å². The average molecular weight is 303 g/mol. The molecule has 1 aromatic heterocycles. The van der Waals surface area contributed by atoms with Gasteiger partial charge in [0.2, 0.25) is 0 Å². The van der Waals surface area contributed by atoms with Gasteiger partial charge in [-0.1, -0.05) is 34.8 Å². The van der Waals surface area contributed by atoms with Crippen molar-refractivity contribution in [1.82, 2.24) is 10.2 Å². The van der Waals surface area contributed by atoms with E-state index in [1.807, 2.05) is 13.8 Å². The van der Waals surface area contributed by atoms with Gasteiger partial charge in [-0.3, -0.25) is 0 Å². The lowest BCUT2D eigenvalue weighted by Gasteiger charge is -2.11. The van der Waals surface area contributed by atoms with Crippen molar-refractivity contribution in [2.75, 3.05) is 5.32 Å². The third-order valence-corrected chi connectivity index (χ3v) is 3.56. The Hall–Kier alpha value is -1.03. The monoisotopic (exact) mass is 301 g/mol. The summed E-state index contributed by atoms with van der Waals surface area (Å²) in [6.07, 6.45) is 0. The molecule has 2 rings (SSSR count). The topological polar surface area (TPSA) is 37.8 Å². The molecule has 2 aromatic rings. The van der Waals surface area contributed by atoms with Crippen molar-refractivity contribution in [3.63, 3.8) is 0 Å². The molecule has 1 N–H and O–H groups in total. The zero-order chi connectivity index (χ0) is 13.3. The Kier molecular flexibility index (Phi) is 3.95. The summed E-state index contributed by atoms with van der Waals surface area (Å²) in [4.78, 5) is 0. The zero-order valence-electron chi connectivity index (χ0n) is 9.76. The first-order valence-corrected chi connectivity index (χ1v) is 6.34. The van der Waals surface area contributed by atoms with Crippen LogP contribution in [-0.4, -0.2) is 10.2 Å². The molecular weight excluding hydrogens is 293 g/mol. The molecule has 0 aliphatic carbocycles. The fourth-order valence-electron chi connectivity index (χ4n) is 1.41. The molecule has 0 bridgehead atoms. The third-order valence-electron chi connectivity index (χ3n) is 2.65. The number of aromatic nitrogens is 2. The van der Waals surface area contributed by atoms with E-state index in [4.69, 9.17) is 34.8 Å².